The summed E-state index contributed by atoms with van der Waals surface area (Å²) in [6, 6.07) is 6.22. The average Bonchev–Trinajstić information content (AvgIpc) is 2.32. The van der Waals surface area contributed by atoms with E-state index in [1.165, 1.54) is 5.56 Å². The van der Waals surface area contributed by atoms with Gasteiger partial charge in [0, 0.05) is 18.5 Å². The molecule has 0 aliphatic carbocycles. The molecular formula is C13H17N3S. The molecule has 3 nitrogen and oxygen atoms in total. The molecule has 0 radical (unpaired) electrons. The summed E-state index contributed by atoms with van der Waals surface area (Å²) in [6.45, 7) is 8.13. The lowest BCUT2D eigenvalue weighted by atomic mass is 10.2. The lowest BCUT2D eigenvalue weighted by Crippen LogP contribution is -2.24. The third-order valence-corrected chi connectivity index (χ3v) is 3.23. The monoisotopic (exact) mass is 247 g/mol. The van der Waals surface area contributed by atoms with Crippen molar-refractivity contribution in [2.24, 2.45) is 0 Å². The molecule has 17 heavy (non-hydrogen) atoms. The van der Waals surface area contributed by atoms with Crippen LogP contribution >= 0.6 is 12.2 Å². The summed E-state index contributed by atoms with van der Waals surface area (Å²) >= 11 is 5.36. The molecule has 0 aliphatic heterocycles. The first-order valence-corrected chi connectivity index (χ1v) is 6.32. The van der Waals surface area contributed by atoms with Crippen molar-refractivity contribution in [3.63, 3.8) is 0 Å². The number of aromatic amines is 1. The Hall–Kier alpha value is -1.42. The minimum absolute atomic E-state index is 0.671. The number of aromatic nitrogens is 2. The van der Waals surface area contributed by atoms with Gasteiger partial charge in [-0.2, -0.15) is 0 Å². The van der Waals surface area contributed by atoms with Crippen LogP contribution in [0.1, 0.15) is 19.4 Å². The Kier molecular flexibility index (Phi) is 3.43. The van der Waals surface area contributed by atoms with Crippen LogP contribution in [0.15, 0.2) is 18.2 Å². The maximum Gasteiger partial charge on any atom is 0.204 e. The van der Waals surface area contributed by atoms with Gasteiger partial charge in [0.15, 0.2) is 0 Å². The average molecular weight is 247 g/mol. The van der Waals surface area contributed by atoms with E-state index >= 15 is 0 Å². The van der Waals surface area contributed by atoms with Crippen molar-refractivity contribution in [1.29, 1.82) is 0 Å². The molecule has 0 unspecified atom stereocenters. The van der Waals surface area contributed by atoms with Crippen molar-refractivity contribution in [3.8, 4) is 0 Å². The summed E-state index contributed by atoms with van der Waals surface area (Å²) < 4.78 is 0.671. The maximum absolute atomic E-state index is 5.36. The molecule has 0 bridgehead atoms. The van der Waals surface area contributed by atoms with Crippen LogP contribution < -0.4 is 4.90 Å². The van der Waals surface area contributed by atoms with Crippen LogP contribution in [0.2, 0.25) is 0 Å². The largest absolute Gasteiger partial charge is 0.343 e. The minimum Gasteiger partial charge on any atom is -0.343 e. The Labute approximate surface area is 106 Å². The Bertz CT molecular complexity index is 585. The van der Waals surface area contributed by atoms with E-state index in [2.05, 4.69) is 53.8 Å². The summed E-state index contributed by atoms with van der Waals surface area (Å²) in [5.74, 6) is 0.858. The molecule has 90 valence electrons. The standard InChI is InChI=1S/C13H17N3S/c1-4-16(5-2)13-14-11-7-6-9(3)8-10(11)12(17)15-13/h6-8H,4-5H2,1-3H3,(H,14,15,17). The molecule has 1 aromatic heterocycles. The van der Waals surface area contributed by atoms with Crippen molar-refractivity contribution in [3.05, 3.63) is 28.4 Å². The van der Waals surface area contributed by atoms with Gasteiger partial charge in [-0.3, -0.25) is 0 Å². The van der Waals surface area contributed by atoms with Gasteiger partial charge in [-0.1, -0.05) is 23.8 Å². The van der Waals surface area contributed by atoms with Gasteiger partial charge in [-0.05, 0) is 32.9 Å². The van der Waals surface area contributed by atoms with Gasteiger partial charge in [-0.25, -0.2) is 4.98 Å². The maximum atomic E-state index is 5.36. The smallest absolute Gasteiger partial charge is 0.204 e. The van der Waals surface area contributed by atoms with Crippen LogP contribution in [0, 0.1) is 11.6 Å². The van der Waals surface area contributed by atoms with Gasteiger partial charge < -0.3 is 9.88 Å². The van der Waals surface area contributed by atoms with Crippen LogP contribution in [-0.4, -0.2) is 23.1 Å². The highest BCUT2D eigenvalue weighted by Crippen LogP contribution is 2.18. The van der Waals surface area contributed by atoms with Gasteiger partial charge in [0.25, 0.3) is 0 Å². The van der Waals surface area contributed by atoms with Crippen LogP contribution in [0.25, 0.3) is 10.9 Å². The molecule has 1 heterocycles. The highest BCUT2D eigenvalue weighted by Gasteiger charge is 2.06. The summed E-state index contributed by atoms with van der Waals surface area (Å²) in [4.78, 5) is 9.98. The summed E-state index contributed by atoms with van der Waals surface area (Å²) in [7, 11) is 0. The molecule has 0 aliphatic rings. The number of benzene rings is 1. The van der Waals surface area contributed by atoms with E-state index in [1.54, 1.807) is 0 Å². The van der Waals surface area contributed by atoms with Crippen molar-refractivity contribution >= 4 is 29.1 Å². The second kappa shape index (κ2) is 4.84. The molecule has 2 aromatic rings. The molecule has 4 heteroatoms. The van der Waals surface area contributed by atoms with Gasteiger partial charge >= 0.3 is 0 Å². The zero-order valence-corrected chi connectivity index (χ0v) is 11.3. The second-order valence-electron chi connectivity index (χ2n) is 4.09. The first-order valence-electron chi connectivity index (χ1n) is 5.91. The second-order valence-corrected chi connectivity index (χ2v) is 4.47. The molecule has 0 atom stereocenters. The highest BCUT2D eigenvalue weighted by atomic mass is 32.1. The van der Waals surface area contributed by atoms with E-state index in [-0.39, 0.29) is 0 Å². The van der Waals surface area contributed by atoms with E-state index in [9.17, 15) is 0 Å². The third kappa shape index (κ3) is 2.31. The van der Waals surface area contributed by atoms with Gasteiger partial charge in [-0.15, -0.1) is 0 Å². The zero-order chi connectivity index (χ0) is 12.4. The highest BCUT2D eigenvalue weighted by molar-refractivity contribution is 7.71. The van der Waals surface area contributed by atoms with Crippen LogP contribution in [0.3, 0.4) is 0 Å². The normalized spacial score (nSPS) is 10.8. The molecule has 1 N–H and O–H groups in total. The fourth-order valence-electron chi connectivity index (χ4n) is 1.92. The SMILES string of the molecule is CCN(CC)c1nc(=S)c2cc(C)ccc2[nH]1. The predicted octanol–water partition coefficient (Wildman–Crippen LogP) is 3.45. The van der Waals surface area contributed by atoms with Gasteiger partial charge in [0.2, 0.25) is 5.95 Å². The Morgan fingerprint density at radius 3 is 2.65 bits per heavy atom. The number of hydrogen-bond acceptors (Lipinski definition) is 3. The molecule has 0 saturated heterocycles. The Morgan fingerprint density at radius 1 is 1.29 bits per heavy atom. The van der Waals surface area contributed by atoms with E-state index in [0.29, 0.717) is 4.64 Å². The number of nitrogens with one attached hydrogen (secondary N) is 1. The van der Waals surface area contributed by atoms with E-state index in [4.69, 9.17) is 12.2 Å². The van der Waals surface area contributed by atoms with Crippen LogP contribution in [0.5, 0.6) is 0 Å². The number of nitrogens with zero attached hydrogens (tertiary/aromatic N) is 2. The van der Waals surface area contributed by atoms with Crippen molar-refractivity contribution in [2.75, 3.05) is 18.0 Å². The quantitative estimate of drug-likeness (QED) is 0.843. The van der Waals surface area contributed by atoms with E-state index < -0.39 is 0 Å². The molecule has 0 spiro atoms. The van der Waals surface area contributed by atoms with Crippen molar-refractivity contribution in [2.45, 2.75) is 20.8 Å². The van der Waals surface area contributed by atoms with E-state index in [1.807, 2.05) is 0 Å². The topological polar surface area (TPSA) is 31.9 Å². The molecule has 0 amide bonds. The van der Waals surface area contributed by atoms with Gasteiger partial charge in [0.05, 0.1) is 5.52 Å². The Balaban J connectivity index is 2.63. The number of rotatable bonds is 3. The molecule has 0 saturated carbocycles. The zero-order valence-electron chi connectivity index (χ0n) is 10.4. The molecular weight excluding hydrogens is 230 g/mol. The number of aryl methyl sites for hydroxylation is 1. The fourth-order valence-corrected chi connectivity index (χ4v) is 2.18. The summed E-state index contributed by atoms with van der Waals surface area (Å²) in [5, 5.41) is 1.02. The number of anilines is 1. The van der Waals surface area contributed by atoms with Gasteiger partial charge in [0.1, 0.15) is 4.64 Å². The van der Waals surface area contributed by atoms with Crippen LogP contribution in [0.4, 0.5) is 5.95 Å². The summed E-state index contributed by atoms with van der Waals surface area (Å²) in [6.07, 6.45) is 0. The molecule has 1 aromatic carbocycles. The molecule has 0 fully saturated rings. The predicted molar refractivity (Wildman–Crippen MR) is 75.2 cm³/mol. The number of fused-ring (bicyclic) bond motifs is 1. The first kappa shape index (κ1) is 12.0. The fraction of sp³-hybridized carbons (Fsp3) is 0.385. The first-order chi connectivity index (χ1) is 8.15. The van der Waals surface area contributed by atoms with E-state index in [0.717, 1.165) is 29.9 Å². The number of H-pyrrole nitrogens is 1. The number of hydrogen-bond donors (Lipinski definition) is 1. The lowest BCUT2D eigenvalue weighted by molar-refractivity contribution is 0.825. The molecule has 2 rings (SSSR count). The van der Waals surface area contributed by atoms with Crippen molar-refractivity contribution in [1.82, 2.24) is 9.97 Å². The lowest BCUT2D eigenvalue weighted by Gasteiger charge is -2.19. The minimum atomic E-state index is 0.671. The summed E-state index contributed by atoms with van der Waals surface area (Å²) in [5.41, 5.74) is 2.26. The third-order valence-electron chi connectivity index (χ3n) is 2.92. The Morgan fingerprint density at radius 2 is 2.00 bits per heavy atom. The van der Waals surface area contributed by atoms with Crippen LogP contribution in [-0.2, 0) is 0 Å². The van der Waals surface area contributed by atoms with Crippen molar-refractivity contribution < 1.29 is 0 Å².